The van der Waals surface area contributed by atoms with Crippen LogP contribution < -0.4 is 10.6 Å². The van der Waals surface area contributed by atoms with Crippen LogP contribution in [0.15, 0.2) is 42.7 Å². The van der Waals surface area contributed by atoms with Crippen LogP contribution in [0, 0.1) is 13.8 Å². The van der Waals surface area contributed by atoms with Gasteiger partial charge in [-0.3, -0.25) is 4.98 Å². The number of benzene rings is 1. The Kier molecular flexibility index (Phi) is 4.35. The molecule has 1 aromatic carbocycles. The van der Waals surface area contributed by atoms with Crippen LogP contribution in [0.1, 0.15) is 29.7 Å². The van der Waals surface area contributed by atoms with Crippen molar-refractivity contribution in [1.29, 1.82) is 0 Å². The third kappa shape index (κ3) is 3.57. The van der Waals surface area contributed by atoms with E-state index in [1.807, 2.05) is 51.1 Å². The Morgan fingerprint density at radius 2 is 1.85 bits per heavy atom. The molecule has 1 heterocycles. The molecule has 0 aliphatic rings. The van der Waals surface area contributed by atoms with Gasteiger partial charge in [-0.1, -0.05) is 17.7 Å². The molecule has 0 radical (unpaired) electrons. The fourth-order valence-electron chi connectivity index (χ4n) is 2.04. The van der Waals surface area contributed by atoms with Gasteiger partial charge in [-0.2, -0.15) is 0 Å². The molecule has 104 valence electrons. The highest BCUT2D eigenvalue weighted by molar-refractivity contribution is 5.90. The van der Waals surface area contributed by atoms with Gasteiger partial charge in [-0.15, -0.1) is 0 Å². The quantitative estimate of drug-likeness (QED) is 0.894. The third-order valence-electron chi connectivity index (χ3n) is 3.18. The maximum Gasteiger partial charge on any atom is 0.319 e. The van der Waals surface area contributed by atoms with Gasteiger partial charge in [0.1, 0.15) is 0 Å². The van der Waals surface area contributed by atoms with Crippen molar-refractivity contribution in [2.24, 2.45) is 0 Å². The molecule has 4 heteroatoms. The molecule has 20 heavy (non-hydrogen) atoms. The molecule has 2 aromatic rings. The number of nitrogens with zero attached hydrogens (tertiary/aromatic N) is 1. The first-order valence-corrected chi connectivity index (χ1v) is 6.61. The molecule has 0 bridgehead atoms. The zero-order valence-electron chi connectivity index (χ0n) is 12.0. The molecule has 0 aliphatic heterocycles. The first-order chi connectivity index (χ1) is 9.56. The number of anilines is 1. The number of aromatic nitrogens is 1. The van der Waals surface area contributed by atoms with Crippen molar-refractivity contribution in [3.63, 3.8) is 0 Å². The van der Waals surface area contributed by atoms with Crippen LogP contribution in [0.2, 0.25) is 0 Å². The lowest BCUT2D eigenvalue weighted by Gasteiger charge is -2.16. The fraction of sp³-hybridized carbons (Fsp3) is 0.250. The summed E-state index contributed by atoms with van der Waals surface area (Å²) >= 11 is 0. The Morgan fingerprint density at radius 3 is 2.50 bits per heavy atom. The molecule has 0 fully saturated rings. The summed E-state index contributed by atoms with van der Waals surface area (Å²) in [5, 5.41) is 5.78. The lowest BCUT2D eigenvalue weighted by atomic mass is 10.1. The van der Waals surface area contributed by atoms with Crippen LogP contribution in [0.25, 0.3) is 0 Å². The molecule has 2 N–H and O–H groups in total. The molecule has 1 atom stereocenters. The molecule has 1 unspecified atom stereocenters. The Labute approximate surface area is 119 Å². The van der Waals surface area contributed by atoms with Gasteiger partial charge in [-0.25, -0.2) is 4.79 Å². The maximum atomic E-state index is 12.0. The monoisotopic (exact) mass is 269 g/mol. The second kappa shape index (κ2) is 6.19. The van der Waals surface area contributed by atoms with Crippen LogP contribution in [-0.2, 0) is 0 Å². The molecular weight excluding hydrogens is 250 g/mol. The molecule has 0 spiro atoms. The summed E-state index contributed by atoms with van der Waals surface area (Å²) in [6, 6.07) is 9.45. The van der Waals surface area contributed by atoms with E-state index in [0.717, 1.165) is 16.8 Å². The Balaban J connectivity index is 1.99. The number of rotatable bonds is 3. The minimum atomic E-state index is -0.207. The van der Waals surface area contributed by atoms with E-state index in [1.165, 1.54) is 5.56 Å². The lowest BCUT2D eigenvalue weighted by Crippen LogP contribution is -2.31. The summed E-state index contributed by atoms with van der Waals surface area (Å²) in [6.45, 7) is 5.95. The van der Waals surface area contributed by atoms with Crippen molar-refractivity contribution in [2.75, 3.05) is 5.32 Å². The molecule has 0 saturated heterocycles. The Morgan fingerprint density at radius 1 is 1.15 bits per heavy atom. The average Bonchev–Trinajstić information content (AvgIpc) is 2.43. The van der Waals surface area contributed by atoms with E-state index >= 15 is 0 Å². The average molecular weight is 269 g/mol. The van der Waals surface area contributed by atoms with Gasteiger partial charge in [0.25, 0.3) is 0 Å². The van der Waals surface area contributed by atoms with E-state index in [0.29, 0.717) is 0 Å². The summed E-state index contributed by atoms with van der Waals surface area (Å²) in [4.78, 5) is 16.0. The standard InChI is InChI=1S/C16H19N3O/c1-11-4-5-15(12(2)10-11)19-16(20)18-13(3)14-6-8-17-9-7-14/h4-10,13H,1-3H3,(H2,18,19,20). The summed E-state index contributed by atoms with van der Waals surface area (Å²) in [5.74, 6) is 0. The van der Waals surface area contributed by atoms with Gasteiger partial charge in [0.2, 0.25) is 0 Å². The van der Waals surface area contributed by atoms with Crippen LogP contribution in [0.4, 0.5) is 10.5 Å². The fourth-order valence-corrected chi connectivity index (χ4v) is 2.04. The van der Waals surface area contributed by atoms with Crippen molar-refractivity contribution in [2.45, 2.75) is 26.8 Å². The molecule has 0 saturated carbocycles. The minimum Gasteiger partial charge on any atom is -0.331 e. The second-order valence-corrected chi connectivity index (χ2v) is 4.92. The number of hydrogen-bond donors (Lipinski definition) is 2. The molecule has 2 rings (SSSR count). The van der Waals surface area contributed by atoms with E-state index in [4.69, 9.17) is 0 Å². The van der Waals surface area contributed by atoms with Gasteiger partial charge in [0, 0.05) is 18.1 Å². The Hall–Kier alpha value is -2.36. The van der Waals surface area contributed by atoms with Crippen molar-refractivity contribution in [3.05, 3.63) is 59.4 Å². The zero-order valence-corrected chi connectivity index (χ0v) is 12.0. The number of nitrogens with one attached hydrogen (secondary N) is 2. The molecule has 2 amide bonds. The van der Waals surface area contributed by atoms with E-state index in [9.17, 15) is 4.79 Å². The van der Waals surface area contributed by atoms with Crippen molar-refractivity contribution < 1.29 is 4.79 Å². The van der Waals surface area contributed by atoms with E-state index in [2.05, 4.69) is 15.6 Å². The number of hydrogen-bond acceptors (Lipinski definition) is 2. The van der Waals surface area contributed by atoms with Gasteiger partial charge in [0.05, 0.1) is 6.04 Å². The summed E-state index contributed by atoms with van der Waals surface area (Å²) in [5.41, 5.74) is 4.08. The van der Waals surface area contributed by atoms with Crippen LogP contribution in [-0.4, -0.2) is 11.0 Å². The van der Waals surface area contributed by atoms with Gasteiger partial charge < -0.3 is 10.6 Å². The SMILES string of the molecule is Cc1ccc(NC(=O)NC(C)c2ccncc2)c(C)c1. The van der Waals surface area contributed by atoms with Gasteiger partial charge >= 0.3 is 6.03 Å². The Bertz CT molecular complexity index is 596. The molecule has 1 aromatic heterocycles. The van der Waals surface area contributed by atoms with Crippen molar-refractivity contribution in [3.8, 4) is 0 Å². The minimum absolute atomic E-state index is 0.0660. The highest BCUT2D eigenvalue weighted by Crippen LogP contribution is 2.16. The second-order valence-electron chi connectivity index (χ2n) is 4.92. The summed E-state index contributed by atoms with van der Waals surface area (Å²) < 4.78 is 0. The summed E-state index contributed by atoms with van der Waals surface area (Å²) in [6.07, 6.45) is 3.44. The first-order valence-electron chi connectivity index (χ1n) is 6.61. The van der Waals surface area contributed by atoms with Gasteiger partial charge in [0.15, 0.2) is 0 Å². The first kappa shape index (κ1) is 14.1. The number of carbonyl (C=O) groups is 1. The zero-order chi connectivity index (χ0) is 14.5. The number of amides is 2. The van der Waals surface area contributed by atoms with Crippen molar-refractivity contribution in [1.82, 2.24) is 10.3 Å². The van der Waals surface area contributed by atoms with E-state index < -0.39 is 0 Å². The molecule has 4 nitrogen and oxygen atoms in total. The normalized spacial score (nSPS) is 11.8. The van der Waals surface area contributed by atoms with E-state index in [-0.39, 0.29) is 12.1 Å². The number of urea groups is 1. The van der Waals surface area contributed by atoms with E-state index in [1.54, 1.807) is 12.4 Å². The maximum absolute atomic E-state index is 12.0. The van der Waals surface area contributed by atoms with Crippen LogP contribution >= 0.6 is 0 Å². The predicted molar refractivity (Wildman–Crippen MR) is 80.7 cm³/mol. The van der Waals surface area contributed by atoms with Crippen LogP contribution in [0.5, 0.6) is 0 Å². The van der Waals surface area contributed by atoms with Crippen molar-refractivity contribution >= 4 is 11.7 Å². The predicted octanol–water partition coefficient (Wildman–Crippen LogP) is 3.58. The highest BCUT2D eigenvalue weighted by atomic mass is 16.2. The lowest BCUT2D eigenvalue weighted by molar-refractivity contribution is 0.249. The third-order valence-corrected chi connectivity index (χ3v) is 3.18. The van der Waals surface area contributed by atoms with Gasteiger partial charge in [-0.05, 0) is 50.1 Å². The topological polar surface area (TPSA) is 54.0 Å². The number of pyridine rings is 1. The molecular formula is C16H19N3O. The number of carbonyl (C=O) groups excluding carboxylic acids is 1. The number of aryl methyl sites for hydroxylation is 2. The summed E-state index contributed by atoms with van der Waals surface area (Å²) in [7, 11) is 0. The highest BCUT2D eigenvalue weighted by Gasteiger charge is 2.10. The largest absolute Gasteiger partial charge is 0.331 e. The van der Waals surface area contributed by atoms with Crippen LogP contribution in [0.3, 0.4) is 0 Å². The molecule has 0 aliphatic carbocycles. The smallest absolute Gasteiger partial charge is 0.319 e.